The van der Waals surface area contributed by atoms with E-state index in [1.807, 2.05) is 147 Å². The first-order chi connectivity index (χ1) is 54.9. The van der Waals surface area contributed by atoms with Gasteiger partial charge in [-0.2, -0.15) is 8.42 Å². The van der Waals surface area contributed by atoms with E-state index >= 15 is 0 Å². The molecule has 13 rings (SSSR count). The highest BCUT2D eigenvalue weighted by atomic mass is 32.2. The minimum absolute atomic E-state index is 0.0339. The van der Waals surface area contributed by atoms with Crippen LogP contribution in [0.2, 0.25) is 0 Å². The van der Waals surface area contributed by atoms with Gasteiger partial charge in [0.1, 0.15) is 71.8 Å². The van der Waals surface area contributed by atoms with Crippen LogP contribution in [0.25, 0.3) is 67.9 Å². The molecule has 27 nitrogen and oxygen atoms in total. The number of aliphatic hydroxyl groups is 1. The number of aliphatic hydroxyl groups excluding tert-OH is 1. The maximum absolute atomic E-state index is 13.0. The van der Waals surface area contributed by atoms with Crippen LogP contribution in [0.15, 0.2) is 173 Å². The van der Waals surface area contributed by atoms with E-state index in [1.54, 1.807) is 26.8 Å². The number of benzene rings is 6. The SMILES string of the molecule is CCOC(=O)c1noc(-c2cc(C(C)C)c(C)cc2OCc2ccccc2)c1-c1cc(CN2CCOCC2)no1.CCOC(=O)c1noc(-c2cc(C(C)C)c(C)cc2OCc2ccccc2)c1-c1cc(CO)no1.CCOC(=O)c1noc(-c2cc(C(C)C)c(C)cc2OCc2ccccc2)c1-c1cc(COS(C)(=O)=O)no1. The van der Waals surface area contributed by atoms with Gasteiger partial charge < -0.3 is 65.4 Å². The molecule has 0 bridgehead atoms. The van der Waals surface area contributed by atoms with Gasteiger partial charge in [0.05, 0.1) is 68.3 Å². The highest BCUT2D eigenvalue weighted by Crippen LogP contribution is 2.47. The lowest BCUT2D eigenvalue weighted by atomic mass is 9.93. The molecule has 7 heterocycles. The van der Waals surface area contributed by atoms with Crippen LogP contribution < -0.4 is 14.2 Å². The molecule has 0 spiro atoms. The fourth-order valence-corrected chi connectivity index (χ4v) is 13.2. The summed E-state index contributed by atoms with van der Waals surface area (Å²) < 4.78 is 102. The van der Waals surface area contributed by atoms with Crippen molar-refractivity contribution in [1.29, 1.82) is 0 Å². The largest absolute Gasteiger partial charge is 0.488 e. The number of ether oxygens (including phenoxy) is 7. The van der Waals surface area contributed by atoms with E-state index in [2.05, 4.69) is 84.3 Å². The lowest BCUT2D eigenvalue weighted by molar-refractivity contribution is 0.0332. The van der Waals surface area contributed by atoms with Crippen LogP contribution >= 0.6 is 0 Å². The molecule has 114 heavy (non-hydrogen) atoms. The van der Waals surface area contributed by atoms with Crippen molar-refractivity contribution in [1.82, 2.24) is 35.8 Å². The number of rotatable bonds is 30. The lowest BCUT2D eigenvalue weighted by Crippen LogP contribution is -2.35. The molecule has 598 valence electrons. The van der Waals surface area contributed by atoms with Gasteiger partial charge in [0.2, 0.25) is 17.1 Å². The van der Waals surface area contributed by atoms with Gasteiger partial charge >= 0.3 is 17.9 Å². The third-order valence-electron chi connectivity index (χ3n) is 18.4. The van der Waals surface area contributed by atoms with E-state index < -0.39 is 28.0 Å². The molecule has 0 aliphatic carbocycles. The predicted molar refractivity (Wildman–Crippen MR) is 421 cm³/mol. The Morgan fingerprint density at radius 1 is 0.439 bits per heavy atom. The highest BCUT2D eigenvalue weighted by molar-refractivity contribution is 7.85. The highest BCUT2D eigenvalue weighted by Gasteiger charge is 2.35. The molecule has 1 saturated heterocycles. The Morgan fingerprint density at radius 3 is 1.08 bits per heavy atom. The van der Waals surface area contributed by atoms with E-state index in [4.69, 9.17) is 64.5 Å². The second-order valence-corrected chi connectivity index (χ2v) is 29.5. The summed E-state index contributed by atoms with van der Waals surface area (Å²) in [6, 6.07) is 46.2. The fourth-order valence-electron chi connectivity index (χ4n) is 12.8. The second kappa shape index (κ2) is 38.6. The van der Waals surface area contributed by atoms with Crippen LogP contribution in [0.3, 0.4) is 0 Å². The molecule has 0 amide bonds. The van der Waals surface area contributed by atoms with Gasteiger partial charge in [-0.1, -0.05) is 163 Å². The van der Waals surface area contributed by atoms with Crippen molar-refractivity contribution in [3.05, 3.63) is 230 Å². The molecule has 1 fully saturated rings. The number of nitrogens with zero attached hydrogens (tertiary/aromatic N) is 7. The molecule has 1 aliphatic heterocycles. The molecule has 1 N–H and O–H groups in total. The zero-order valence-corrected chi connectivity index (χ0v) is 66.8. The first-order valence-electron chi connectivity index (χ1n) is 37.5. The summed E-state index contributed by atoms with van der Waals surface area (Å²) in [5.74, 6) is 2.04. The fraction of sp³-hybridized carbons (Fsp3) is 0.337. The Morgan fingerprint density at radius 2 is 0.763 bits per heavy atom. The maximum Gasteiger partial charge on any atom is 0.361 e. The molecule has 28 heteroatoms. The van der Waals surface area contributed by atoms with Gasteiger partial charge in [-0.25, -0.2) is 14.4 Å². The van der Waals surface area contributed by atoms with Crippen molar-refractivity contribution in [2.24, 2.45) is 0 Å². The minimum Gasteiger partial charge on any atom is -0.488 e. The van der Waals surface area contributed by atoms with Crippen LogP contribution in [-0.4, -0.2) is 120 Å². The zero-order chi connectivity index (χ0) is 81.2. The molecule has 12 aromatic rings. The van der Waals surface area contributed by atoms with Crippen molar-refractivity contribution in [3.8, 4) is 85.2 Å². The third-order valence-corrected chi connectivity index (χ3v) is 18.9. The van der Waals surface area contributed by atoms with Crippen LogP contribution in [0.1, 0.15) is 179 Å². The number of aryl methyl sites for hydroxylation is 3. The Balaban J connectivity index is 0.000000169. The van der Waals surface area contributed by atoms with E-state index in [-0.39, 0.29) is 96.4 Å². The standard InChI is InChI=1S/C31H35N3O6.C28H30N2O8S.C27H28N2O6/c1-5-37-31(35)29-28(27-16-23(32-39-27)18-34-11-13-36-14-12-34)30(40-33-29)25-17-24(20(2)3)21(4)15-26(25)38-19-22-9-7-6-8-10-22;1-6-34-28(31)26-25(24-13-20(29-37-24)16-36-39(5,32)33)27(38-30-26)22-14-21(17(2)3)18(4)12-23(22)35-15-19-10-8-7-9-11-19;1-5-32-27(31)25-24(23-12-19(14-30)28-34-23)26(35-29-25)21-13-20(16(2)3)17(4)11-22(21)33-15-18-9-7-6-8-10-18/h6-10,15-17,20H,5,11-14,18-19H2,1-4H3;7-14,17H,6,15-16H2,1-5H3;6-13,16,30H,5,14-15H2,1-4H3. The molecule has 6 aromatic carbocycles. The van der Waals surface area contributed by atoms with Crippen LogP contribution in [0, 0.1) is 20.8 Å². The van der Waals surface area contributed by atoms with Crippen molar-refractivity contribution < 1.29 is 92.4 Å². The van der Waals surface area contributed by atoms with Crippen LogP contribution in [0.4, 0.5) is 0 Å². The van der Waals surface area contributed by atoms with Gasteiger partial charge in [0, 0.05) is 37.8 Å². The summed E-state index contributed by atoms with van der Waals surface area (Å²) >= 11 is 0. The summed E-state index contributed by atoms with van der Waals surface area (Å²) in [5, 5.41) is 33.7. The number of aromatic nitrogens is 6. The smallest absolute Gasteiger partial charge is 0.361 e. The van der Waals surface area contributed by atoms with E-state index in [0.717, 1.165) is 75.1 Å². The maximum atomic E-state index is 13.0. The molecule has 0 saturated carbocycles. The van der Waals surface area contributed by atoms with E-state index in [1.165, 1.54) is 6.07 Å². The minimum atomic E-state index is -3.70. The topological polar surface area (TPSA) is 339 Å². The Labute approximate surface area is 660 Å². The second-order valence-electron chi connectivity index (χ2n) is 27.8. The molecule has 0 atom stereocenters. The third kappa shape index (κ3) is 20.7. The molecular weight excluding hydrogens is 1480 g/mol. The normalized spacial score (nSPS) is 12.3. The summed E-state index contributed by atoms with van der Waals surface area (Å²) in [6.07, 6.45) is 0.936. The first-order valence-corrected chi connectivity index (χ1v) is 39.3. The monoisotopic (exact) mass is 1580 g/mol. The Kier molecular flexibility index (Phi) is 28.2. The summed E-state index contributed by atoms with van der Waals surface area (Å²) in [7, 11) is -3.70. The van der Waals surface area contributed by atoms with Gasteiger partial charge in [0.25, 0.3) is 10.1 Å². The quantitative estimate of drug-likeness (QED) is 0.0248. The lowest BCUT2D eigenvalue weighted by Gasteiger charge is -2.25. The number of carbonyl (C=O) groups is 3. The first kappa shape index (κ1) is 83.1. The number of hydrogen-bond acceptors (Lipinski definition) is 27. The summed E-state index contributed by atoms with van der Waals surface area (Å²) in [6.45, 7) is 28.3. The average Bonchev–Trinajstić information content (AvgIpc) is 1.60. The summed E-state index contributed by atoms with van der Waals surface area (Å²) in [4.78, 5) is 40.7. The van der Waals surface area contributed by atoms with Gasteiger partial charge in [0.15, 0.2) is 34.6 Å². The van der Waals surface area contributed by atoms with Crippen molar-refractivity contribution in [3.63, 3.8) is 0 Å². The number of esters is 3. The van der Waals surface area contributed by atoms with Gasteiger partial charge in [-0.05, 0) is 146 Å². The van der Waals surface area contributed by atoms with Crippen LogP contribution in [-0.2, 0) is 72.8 Å². The Hall–Kier alpha value is -11.8. The summed E-state index contributed by atoms with van der Waals surface area (Å²) in [5.41, 5.74) is 13.4. The number of morpholine rings is 1. The predicted octanol–water partition coefficient (Wildman–Crippen LogP) is 17.4. The van der Waals surface area contributed by atoms with Gasteiger partial charge in [-0.3, -0.25) is 9.08 Å². The number of hydrogen-bond donors (Lipinski definition) is 1. The van der Waals surface area contributed by atoms with Crippen molar-refractivity contribution in [2.45, 2.75) is 140 Å². The van der Waals surface area contributed by atoms with Crippen molar-refractivity contribution >= 4 is 28.0 Å². The molecule has 0 unspecified atom stereocenters. The van der Waals surface area contributed by atoms with Crippen molar-refractivity contribution in [2.75, 3.05) is 52.4 Å². The molecular formula is C86H93N7O20S. The molecule has 6 aromatic heterocycles. The van der Waals surface area contributed by atoms with E-state index in [9.17, 15) is 27.9 Å². The molecule has 0 radical (unpaired) electrons. The number of carbonyl (C=O) groups excluding carboxylic acids is 3. The molecule has 1 aliphatic rings. The van der Waals surface area contributed by atoms with Crippen LogP contribution in [0.5, 0.6) is 17.2 Å². The average molecular weight is 1580 g/mol. The Bertz CT molecular complexity index is 5340. The zero-order valence-electron chi connectivity index (χ0n) is 66.0. The van der Waals surface area contributed by atoms with Gasteiger partial charge in [-0.15, -0.1) is 0 Å². The van der Waals surface area contributed by atoms with E-state index in [0.29, 0.717) is 108 Å².